The normalized spacial score (nSPS) is 19.2. The number of nitrogens with zero attached hydrogens (tertiary/aromatic N) is 22. The van der Waals surface area contributed by atoms with E-state index in [0.717, 1.165) is 215 Å². The van der Waals surface area contributed by atoms with Crippen LogP contribution in [0.4, 0.5) is 35.3 Å². The molecule has 12 N–H and O–H groups in total. The van der Waals surface area contributed by atoms with E-state index in [1.807, 2.05) is 174 Å². The van der Waals surface area contributed by atoms with Gasteiger partial charge in [-0.3, -0.25) is 37.5 Å². The summed E-state index contributed by atoms with van der Waals surface area (Å²) < 4.78 is 57.9. The summed E-state index contributed by atoms with van der Waals surface area (Å²) in [5.41, 5.74) is 36.7. The number of nitrogen functional groups attached to an aromatic ring is 3. The van der Waals surface area contributed by atoms with E-state index in [0.29, 0.717) is 42.7 Å². The minimum Gasteiger partial charge on any atom is -0.778 e. The van der Waals surface area contributed by atoms with E-state index in [2.05, 4.69) is 150 Å². The van der Waals surface area contributed by atoms with Gasteiger partial charge in [-0.05, 0) is 276 Å². The fourth-order valence-corrected chi connectivity index (χ4v) is 26.6. The topological polar surface area (TPSA) is 424 Å². The van der Waals surface area contributed by atoms with Crippen molar-refractivity contribution in [2.45, 2.75) is 202 Å². The third-order valence-corrected chi connectivity index (χ3v) is 38.2. The van der Waals surface area contributed by atoms with Crippen LogP contribution in [-0.2, 0) is 71.3 Å². The molecule has 146 heavy (non-hydrogen) atoms. The zero-order chi connectivity index (χ0) is 102. The van der Waals surface area contributed by atoms with Crippen molar-refractivity contribution in [2.75, 3.05) is 84.3 Å². The van der Waals surface area contributed by atoms with Crippen molar-refractivity contribution < 1.29 is 42.2 Å². The van der Waals surface area contributed by atoms with Gasteiger partial charge in [-0.1, -0.05) is 88.7 Å². The maximum atomic E-state index is 13.2. The molecule has 8 aliphatic rings. The van der Waals surface area contributed by atoms with Crippen LogP contribution in [0.3, 0.4) is 0 Å². The predicted molar refractivity (Wildman–Crippen MR) is 591 cm³/mol. The van der Waals surface area contributed by atoms with E-state index in [-0.39, 0.29) is 102 Å². The second-order valence-electron chi connectivity index (χ2n) is 40.1. The maximum Gasteiger partial charge on any atom is 1.00 e. The fourth-order valence-electron chi connectivity index (χ4n) is 20.3. The molecule has 33 nitrogen and oxygen atoms in total. The van der Waals surface area contributed by atoms with E-state index >= 15 is 0 Å². The van der Waals surface area contributed by atoms with Crippen LogP contribution in [0.2, 0.25) is 20.4 Å². The molecule has 0 radical (unpaired) electrons. The molecule has 4 saturated heterocycles. The number of halogens is 7. The van der Waals surface area contributed by atoms with Crippen LogP contribution in [0.1, 0.15) is 183 Å². The quantitative estimate of drug-likeness (QED) is 0.0302. The van der Waals surface area contributed by atoms with Crippen molar-refractivity contribution in [3.63, 3.8) is 0 Å². The van der Waals surface area contributed by atoms with Crippen molar-refractivity contribution in [2.24, 2.45) is 27.4 Å². The van der Waals surface area contributed by atoms with Gasteiger partial charge in [0.25, 0.3) is 0 Å². The Morgan fingerprint density at radius 1 is 0.390 bits per heavy atom. The zero-order valence-electron chi connectivity index (χ0n) is 82.3. The van der Waals surface area contributed by atoms with Crippen molar-refractivity contribution in [3.8, 4) is 0 Å². The first kappa shape index (κ1) is 111. The van der Waals surface area contributed by atoms with Crippen molar-refractivity contribution in [3.05, 3.63) is 259 Å². The van der Waals surface area contributed by atoms with E-state index < -0.39 is 33.0 Å². The molecule has 0 unspecified atom stereocenters. The summed E-state index contributed by atoms with van der Waals surface area (Å²) in [6.07, 6.45) is 46.0. The summed E-state index contributed by atoms with van der Waals surface area (Å²) in [6.45, 7) is 25.4. The molecule has 4 fully saturated rings. The van der Waals surface area contributed by atoms with Gasteiger partial charge in [-0.2, -0.15) is 4.90 Å². The van der Waals surface area contributed by atoms with Gasteiger partial charge < -0.3 is 55.6 Å². The second-order valence-corrected chi connectivity index (χ2v) is 51.9. The number of piperidine rings is 4. The molecule has 4 aliphatic heterocycles. The Morgan fingerprint density at radius 3 is 1.08 bits per heavy atom. The summed E-state index contributed by atoms with van der Waals surface area (Å²) in [6, 6.07) is 22.1. The molecule has 0 bridgehead atoms. The summed E-state index contributed by atoms with van der Waals surface area (Å²) in [5.74, 6) is 3.58. The Morgan fingerprint density at radius 2 is 0.705 bits per heavy atom. The number of nitrogens with one attached hydrogen (secondary N) is 4. The van der Waals surface area contributed by atoms with Crippen molar-refractivity contribution >= 4 is 218 Å². The average Bonchev–Trinajstić information content (AvgIpc) is 1.68. The third kappa shape index (κ3) is 23.3. The number of rotatable bonds is 13. The average molecular weight is 2320 g/mol. The van der Waals surface area contributed by atoms with Crippen molar-refractivity contribution in [1.82, 2.24) is 112 Å². The molecule has 15 aromatic heterocycles. The Bertz CT molecular complexity index is 7240. The van der Waals surface area contributed by atoms with E-state index in [4.69, 9.17) is 96.9 Å². The molecular formula is C99H114Br2Cl5N30NaO3S6. The van der Waals surface area contributed by atoms with Gasteiger partial charge in [-0.15, -0.1) is 12.4 Å². The van der Waals surface area contributed by atoms with Gasteiger partial charge in [0.1, 0.15) is 17.5 Å². The summed E-state index contributed by atoms with van der Waals surface area (Å²) >= 11 is 38.7. The van der Waals surface area contributed by atoms with Crippen LogP contribution in [0.5, 0.6) is 0 Å². The van der Waals surface area contributed by atoms with Gasteiger partial charge in [0, 0.05) is 196 Å². The number of imidazole rings is 4. The molecule has 0 saturated carbocycles. The molecular weight excluding hydrogens is 2210 g/mol. The Kier molecular flexibility index (Phi) is 35.0. The smallest absolute Gasteiger partial charge is 0.778 e. The number of hydrogen-bond donors (Lipinski definition) is 8. The van der Waals surface area contributed by atoms with Gasteiger partial charge in [0.15, 0.2) is 22.6 Å². The first-order valence-corrected chi connectivity index (χ1v) is 56.0. The number of hydrogen-bond acceptors (Lipinski definition) is 29. The molecule has 47 heteroatoms. The Labute approximate surface area is 935 Å². The molecule has 19 heterocycles. The van der Waals surface area contributed by atoms with Gasteiger partial charge in [-0.25, -0.2) is 81.6 Å². The number of aromatic nitrogens is 19. The summed E-state index contributed by atoms with van der Waals surface area (Å²) in [7, 11) is -3.39. The molecule has 15 aromatic rings. The van der Waals surface area contributed by atoms with Crippen LogP contribution in [0.25, 0.3) is 22.6 Å². The monoisotopic (exact) mass is 2320 g/mol. The minimum absolute atomic E-state index is 0. The van der Waals surface area contributed by atoms with E-state index in [1.54, 1.807) is 60.0 Å². The van der Waals surface area contributed by atoms with E-state index in [1.165, 1.54) is 57.7 Å². The first-order valence-electron chi connectivity index (χ1n) is 47.4. The molecule has 0 amide bonds. The molecule has 23 rings (SSSR count). The third-order valence-electron chi connectivity index (χ3n) is 28.1. The molecule has 4 aliphatic carbocycles. The SMILES string of the molecule is CC(C)(C)[S@@](=O)N[C@H]1c2cccnc2CC12CCN(c1ncc(Br)c3nccn13)CC2.CC(C)(C)[S@@](=O)N[C@H]1c2cccnc2CC12CCN(c1ncc(Sc3ccnc(N)c3Cl)c3nccn13)CC2.CC(C)(C)[S@@](=O)N[C@H]1c2cccnc2CC12CCNCC2.Cl.Clc1ncc(Br)c2nccn12.Nc1nccc(Sc2cnc(N3CCC4(CC3)Cc3ncccc3[C@@H]4N)n3ccnc23)c1Cl.Nc1nccc([S-])c1Cl.[Na+]. The van der Waals surface area contributed by atoms with Crippen LogP contribution < -0.4 is 86.7 Å². The molecule has 764 valence electrons. The van der Waals surface area contributed by atoms with E-state index in [9.17, 15) is 12.6 Å². The molecule has 7 atom stereocenters. The molecule has 4 spiro atoms. The van der Waals surface area contributed by atoms with Gasteiger partial charge in [0.05, 0.1) is 99.1 Å². The minimum atomic E-state index is -1.18. The zero-order valence-corrected chi connectivity index (χ0v) is 96.2. The molecule has 0 aromatic carbocycles. The maximum absolute atomic E-state index is 13.2. The Hall–Kier alpha value is -8.09. The van der Waals surface area contributed by atoms with Crippen LogP contribution >= 0.6 is 114 Å². The van der Waals surface area contributed by atoms with Gasteiger partial charge >= 0.3 is 29.6 Å². The standard InChI is InChI=1S/C27H31ClN8OS2.C23H23ClN8S.C22H27BrN6OS.C16H25N3OS.C6H3BrClN3.C5H5ClN2S.ClH.Na/c1-26(2,3)39(37)34-22-17-5-4-9-30-18(17)15-27(22)7-12-35(13-8-27)25-33-16-20(24-32-11-14-36(24)25)38-19-6-10-31-23(29)21(19)28;24-18-16(3-7-28-20(18)26)33-17-13-30-22(32-11-8-29-21(17)32)31-9-4-23(5-10-31)12-15-14(19(23)25)2-1-6-27-15;1-21(2,3)31(30)27-18-15-5-4-8-24-17(15)13-22(18)6-10-28(11-7-22)20-26-14-16(23)19-25-9-12-29(19)20;1-15(2,3)21(20)19-14-12-5-4-8-18-13(12)11-16(14)6-9-17-10-7-16;7-4-3-10-6(8)11-2-1-9-5(4)11;6-4-3(9)1-2-8-5(4)7;;/h4-6,9-11,14,16,22,34H,7-8,12-13,15H2,1-3H3,(H2,29,31);1-3,6-8,11,13,19H,4-5,9-10,12,25H2,(H2,26,28);4-5,8-9,12,14,18,27H,6-7,10-11,13H2,1-3H3;4-5,8,14,17,19H,6-7,9-11H2,1-3H3;1-3H;1-2H,(H3,7,8,9);1H;/q;;;;;;;+1/p-1/t22-,39+;19-;18-,31+;14-,21+;;;;/m0000..../s1. The van der Waals surface area contributed by atoms with Crippen molar-refractivity contribution in [1.29, 1.82) is 0 Å². The first-order chi connectivity index (χ1) is 68.9. The second kappa shape index (κ2) is 46.2. The summed E-state index contributed by atoms with van der Waals surface area (Å²) in [4.78, 5) is 77.3. The predicted octanol–water partition coefficient (Wildman–Crippen LogP) is 15.3. The number of fused-ring (bicyclic) bond motifs is 8. The summed E-state index contributed by atoms with van der Waals surface area (Å²) in [5, 5.41) is 5.10. The van der Waals surface area contributed by atoms with Crippen LogP contribution in [0, 0.1) is 21.7 Å². The number of pyridine rings is 7. The van der Waals surface area contributed by atoms with Crippen LogP contribution in [0.15, 0.2) is 218 Å². The van der Waals surface area contributed by atoms with Crippen LogP contribution in [-0.4, -0.2) is 172 Å². The number of nitrogens with two attached hydrogens (primary N) is 4. The van der Waals surface area contributed by atoms with Gasteiger partial charge in [0.2, 0.25) is 23.1 Å². The largest absolute Gasteiger partial charge is 1.00 e. The number of anilines is 6. The fraction of sp³-hybridized carbons (Fsp3) is 0.404. The Balaban J connectivity index is 0.000000132.